The highest BCUT2D eigenvalue weighted by atomic mass is 32.1. The van der Waals surface area contributed by atoms with Crippen LogP contribution in [-0.2, 0) is 4.74 Å². The minimum atomic E-state index is -0.250. The molecular weight excluding hydrogens is 339 g/mol. The fraction of sp³-hybridized carbons (Fsp3) is 0.474. The molecule has 2 aromatic rings. The van der Waals surface area contributed by atoms with Gasteiger partial charge in [0.05, 0.1) is 6.04 Å². The molecule has 1 aromatic carbocycles. The maximum absolute atomic E-state index is 13.2. The Morgan fingerprint density at radius 1 is 1.20 bits per heavy atom. The first kappa shape index (κ1) is 16.7. The van der Waals surface area contributed by atoms with E-state index in [0.717, 1.165) is 51.0 Å². The number of benzene rings is 1. The Kier molecular flexibility index (Phi) is 4.81. The number of nitrogens with zero attached hydrogens (tertiary/aromatic N) is 2. The summed E-state index contributed by atoms with van der Waals surface area (Å²) in [5.41, 5.74) is 1.53. The van der Waals surface area contributed by atoms with Gasteiger partial charge in [-0.25, -0.2) is 4.39 Å². The summed E-state index contributed by atoms with van der Waals surface area (Å²) in [7, 11) is 0. The van der Waals surface area contributed by atoms with Gasteiger partial charge < -0.3 is 9.64 Å². The zero-order valence-corrected chi connectivity index (χ0v) is 14.8. The lowest BCUT2D eigenvalue weighted by Gasteiger charge is -2.24. The predicted molar refractivity (Wildman–Crippen MR) is 94.3 cm³/mol. The average Bonchev–Trinajstić information content (AvgIpc) is 3.32. The first-order valence-electron chi connectivity index (χ1n) is 8.83. The molecule has 25 heavy (non-hydrogen) atoms. The van der Waals surface area contributed by atoms with Gasteiger partial charge in [-0.3, -0.25) is 4.79 Å². The fourth-order valence-electron chi connectivity index (χ4n) is 3.75. The summed E-state index contributed by atoms with van der Waals surface area (Å²) in [6, 6.07) is 8.45. The van der Waals surface area contributed by atoms with Gasteiger partial charge in [-0.15, -0.1) is 0 Å². The quantitative estimate of drug-likeness (QED) is 0.826. The minimum Gasteiger partial charge on any atom is -0.381 e. The molecule has 4 rings (SSSR count). The number of rotatable bonds is 3. The van der Waals surface area contributed by atoms with Crippen molar-refractivity contribution in [3.63, 3.8) is 0 Å². The van der Waals surface area contributed by atoms with E-state index < -0.39 is 0 Å². The van der Waals surface area contributed by atoms with Gasteiger partial charge in [-0.2, -0.15) is 4.37 Å². The molecule has 2 aliphatic heterocycles. The standard InChI is InChI=1S/C19H21FN2O2S/c20-15-5-3-13(4-6-15)17-2-1-9-22(17)19(23)16-12-18(25-21-16)14-7-10-24-11-8-14/h3-6,12,14,17H,1-2,7-11H2. The molecule has 1 aromatic heterocycles. The number of ether oxygens (including phenoxy) is 1. The summed E-state index contributed by atoms with van der Waals surface area (Å²) in [4.78, 5) is 16.0. The molecule has 3 heterocycles. The molecule has 0 saturated carbocycles. The topological polar surface area (TPSA) is 42.4 Å². The first-order chi connectivity index (χ1) is 12.2. The molecule has 6 heteroatoms. The highest BCUT2D eigenvalue weighted by Crippen LogP contribution is 2.35. The molecule has 0 bridgehead atoms. The first-order valence-corrected chi connectivity index (χ1v) is 9.60. The van der Waals surface area contributed by atoms with Gasteiger partial charge in [0.1, 0.15) is 11.5 Å². The Bertz CT molecular complexity index is 740. The third kappa shape index (κ3) is 3.46. The van der Waals surface area contributed by atoms with Crippen molar-refractivity contribution in [3.05, 3.63) is 52.3 Å². The molecule has 0 spiro atoms. The van der Waals surface area contributed by atoms with E-state index in [1.54, 1.807) is 12.1 Å². The van der Waals surface area contributed by atoms with Crippen LogP contribution in [0.15, 0.2) is 30.3 Å². The molecule has 2 fully saturated rings. The van der Waals surface area contributed by atoms with E-state index in [9.17, 15) is 9.18 Å². The van der Waals surface area contributed by atoms with E-state index in [4.69, 9.17) is 4.74 Å². The van der Waals surface area contributed by atoms with Crippen molar-refractivity contribution >= 4 is 17.4 Å². The van der Waals surface area contributed by atoms with Gasteiger partial charge in [-0.05, 0) is 66.9 Å². The van der Waals surface area contributed by atoms with Crippen LogP contribution in [0.1, 0.15) is 58.6 Å². The molecule has 1 unspecified atom stereocenters. The number of hydrogen-bond acceptors (Lipinski definition) is 4. The predicted octanol–water partition coefficient (Wildman–Crippen LogP) is 4.15. The molecule has 4 nitrogen and oxygen atoms in total. The second-order valence-corrected chi connectivity index (χ2v) is 7.55. The second-order valence-electron chi connectivity index (χ2n) is 6.71. The lowest BCUT2D eigenvalue weighted by molar-refractivity contribution is 0.0730. The van der Waals surface area contributed by atoms with Gasteiger partial charge in [0.25, 0.3) is 5.91 Å². The molecule has 0 aliphatic carbocycles. The van der Waals surface area contributed by atoms with Gasteiger partial charge in [0.15, 0.2) is 0 Å². The van der Waals surface area contributed by atoms with Crippen molar-refractivity contribution in [1.82, 2.24) is 9.27 Å². The SMILES string of the molecule is O=C(c1cc(C2CCOCC2)sn1)N1CCCC1c1ccc(F)cc1. The van der Waals surface area contributed by atoms with E-state index in [0.29, 0.717) is 11.6 Å². The summed E-state index contributed by atoms with van der Waals surface area (Å²) in [5, 5.41) is 0. The average molecular weight is 360 g/mol. The monoisotopic (exact) mass is 360 g/mol. The van der Waals surface area contributed by atoms with Crippen LogP contribution in [0.3, 0.4) is 0 Å². The van der Waals surface area contributed by atoms with E-state index in [1.807, 2.05) is 11.0 Å². The third-order valence-corrected chi connectivity index (χ3v) is 6.09. The number of amides is 1. The van der Waals surface area contributed by atoms with E-state index in [1.165, 1.54) is 28.5 Å². The lowest BCUT2D eigenvalue weighted by atomic mass is 9.98. The smallest absolute Gasteiger partial charge is 0.274 e. The molecule has 1 amide bonds. The number of carbonyl (C=O) groups excluding carboxylic acids is 1. The summed E-state index contributed by atoms with van der Waals surface area (Å²) < 4.78 is 23.0. The molecule has 2 saturated heterocycles. The normalized spacial score (nSPS) is 21.6. The zero-order valence-electron chi connectivity index (χ0n) is 14.0. The molecule has 0 N–H and O–H groups in total. The Balaban J connectivity index is 1.51. The minimum absolute atomic E-state index is 0.0126. The van der Waals surface area contributed by atoms with Gasteiger partial charge in [0, 0.05) is 24.6 Å². The molecule has 2 aliphatic rings. The van der Waals surface area contributed by atoms with Crippen LogP contribution in [0.5, 0.6) is 0 Å². The van der Waals surface area contributed by atoms with Gasteiger partial charge >= 0.3 is 0 Å². The van der Waals surface area contributed by atoms with Crippen LogP contribution < -0.4 is 0 Å². The number of carbonyl (C=O) groups is 1. The van der Waals surface area contributed by atoms with Gasteiger partial charge in [0.2, 0.25) is 0 Å². The van der Waals surface area contributed by atoms with Crippen molar-refractivity contribution in [2.75, 3.05) is 19.8 Å². The van der Waals surface area contributed by atoms with Crippen LogP contribution in [0, 0.1) is 5.82 Å². The lowest BCUT2D eigenvalue weighted by Crippen LogP contribution is -2.30. The fourth-order valence-corrected chi connectivity index (χ4v) is 4.64. The maximum atomic E-state index is 13.2. The largest absolute Gasteiger partial charge is 0.381 e. The Morgan fingerprint density at radius 2 is 1.96 bits per heavy atom. The van der Waals surface area contributed by atoms with E-state index in [-0.39, 0.29) is 17.8 Å². The second kappa shape index (κ2) is 7.22. The molecule has 1 atom stereocenters. The summed E-state index contributed by atoms with van der Waals surface area (Å²) in [6.07, 6.45) is 3.87. The van der Waals surface area contributed by atoms with Crippen molar-refractivity contribution in [1.29, 1.82) is 0 Å². The van der Waals surface area contributed by atoms with Crippen LogP contribution in [0.25, 0.3) is 0 Å². The number of aromatic nitrogens is 1. The Hall–Kier alpha value is -1.79. The highest BCUT2D eigenvalue weighted by Gasteiger charge is 2.32. The van der Waals surface area contributed by atoms with E-state index >= 15 is 0 Å². The number of likely N-dealkylation sites (tertiary alicyclic amines) is 1. The highest BCUT2D eigenvalue weighted by molar-refractivity contribution is 7.06. The van der Waals surface area contributed by atoms with E-state index in [2.05, 4.69) is 4.37 Å². The number of hydrogen-bond donors (Lipinski definition) is 0. The van der Waals surface area contributed by atoms with Gasteiger partial charge in [-0.1, -0.05) is 12.1 Å². The van der Waals surface area contributed by atoms with Crippen molar-refractivity contribution < 1.29 is 13.9 Å². The van der Waals surface area contributed by atoms with Crippen LogP contribution in [-0.4, -0.2) is 34.9 Å². The summed E-state index contributed by atoms with van der Waals surface area (Å²) in [6.45, 7) is 2.29. The van der Waals surface area contributed by atoms with Crippen LogP contribution >= 0.6 is 11.5 Å². The third-order valence-electron chi connectivity index (χ3n) is 5.14. The van der Waals surface area contributed by atoms with Crippen molar-refractivity contribution in [2.24, 2.45) is 0 Å². The maximum Gasteiger partial charge on any atom is 0.274 e. The number of halogens is 1. The molecular formula is C19H21FN2O2S. The molecule has 132 valence electrons. The Labute approximate surface area is 150 Å². The molecule has 0 radical (unpaired) electrons. The Morgan fingerprint density at radius 3 is 2.72 bits per heavy atom. The summed E-state index contributed by atoms with van der Waals surface area (Å²) >= 11 is 1.44. The van der Waals surface area contributed by atoms with Crippen LogP contribution in [0.2, 0.25) is 0 Å². The zero-order chi connectivity index (χ0) is 17.2. The van der Waals surface area contributed by atoms with Crippen LogP contribution in [0.4, 0.5) is 4.39 Å². The van der Waals surface area contributed by atoms with Crippen molar-refractivity contribution in [3.8, 4) is 0 Å². The summed E-state index contributed by atoms with van der Waals surface area (Å²) in [5.74, 6) is 0.195. The van der Waals surface area contributed by atoms with Crippen molar-refractivity contribution in [2.45, 2.75) is 37.6 Å².